The molecule has 2 heterocycles. The highest BCUT2D eigenvalue weighted by Gasteiger charge is 2.24. The van der Waals surface area contributed by atoms with Crippen LogP contribution in [0.4, 0.5) is 4.79 Å². The van der Waals surface area contributed by atoms with Crippen LogP contribution in [0.1, 0.15) is 38.3 Å². The number of aryl methyl sites for hydroxylation is 1. The number of carbonyl (C=O) groups excluding carboxylic acids is 1. The summed E-state index contributed by atoms with van der Waals surface area (Å²) in [6, 6.07) is 14.8. The molecule has 0 aliphatic carbocycles. The molecule has 0 saturated carbocycles. The normalized spacial score (nSPS) is 16.0. The van der Waals surface area contributed by atoms with E-state index in [1.165, 1.54) is 4.57 Å². The SMILES string of the molecule is Cc1ccccc1OCC(O)CN1CCC(CNC(=O)n2c(=O)n(C(C)C)c3ccccc32)CC1. The minimum atomic E-state index is -0.559. The van der Waals surface area contributed by atoms with E-state index in [1.807, 2.05) is 69.3 Å². The summed E-state index contributed by atoms with van der Waals surface area (Å²) in [5, 5.41) is 13.4. The summed E-state index contributed by atoms with van der Waals surface area (Å²) in [5.41, 5.74) is 2.13. The third kappa shape index (κ3) is 5.77. The summed E-state index contributed by atoms with van der Waals surface area (Å²) in [7, 11) is 0. The first-order chi connectivity index (χ1) is 16.8. The molecule has 1 unspecified atom stereocenters. The Balaban J connectivity index is 1.26. The molecule has 1 saturated heterocycles. The summed E-state index contributed by atoms with van der Waals surface area (Å²) in [5.74, 6) is 1.14. The zero-order chi connectivity index (χ0) is 24.9. The number of ether oxygens (including phenoxy) is 1. The molecule has 2 N–H and O–H groups in total. The number of aromatic nitrogens is 2. The number of hydrogen-bond donors (Lipinski definition) is 2. The number of hydrogen-bond acceptors (Lipinski definition) is 5. The number of para-hydroxylation sites is 3. The molecule has 8 heteroatoms. The number of amides is 1. The largest absolute Gasteiger partial charge is 0.491 e. The Kier molecular flexibility index (Phi) is 7.93. The fourth-order valence-corrected chi connectivity index (χ4v) is 4.81. The van der Waals surface area contributed by atoms with E-state index in [-0.39, 0.29) is 24.4 Å². The molecule has 2 aromatic carbocycles. The Morgan fingerprint density at radius 1 is 1.09 bits per heavy atom. The predicted octanol–water partition coefficient (Wildman–Crippen LogP) is 3.40. The molecule has 0 radical (unpaired) electrons. The first kappa shape index (κ1) is 25.0. The minimum Gasteiger partial charge on any atom is -0.491 e. The number of nitrogens with one attached hydrogen (secondary N) is 1. The quantitative estimate of drug-likeness (QED) is 0.516. The first-order valence-corrected chi connectivity index (χ1v) is 12.4. The summed E-state index contributed by atoms with van der Waals surface area (Å²) >= 11 is 0. The van der Waals surface area contributed by atoms with Crippen LogP contribution in [-0.2, 0) is 0 Å². The molecule has 0 spiro atoms. The van der Waals surface area contributed by atoms with Crippen LogP contribution in [0.25, 0.3) is 11.0 Å². The predicted molar refractivity (Wildman–Crippen MR) is 137 cm³/mol. The van der Waals surface area contributed by atoms with Crippen LogP contribution in [0, 0.1) is 12.8 Å². The molecule has 8 nitrogen and oxygen atoms in total. The minimum absolute atomic E-state index is 0.0387. The van der Waals surface area contributed by atoms with Crippen molar-refractivity contribution in [3.8, 4) is 5.75 Å². The molecule has 0 bridgehead atoms. The van der Waals surface area contributed by atoms with Crippen molar-refractivity contribution in [3.63, 3.8) is 0 Å². The zero-order valence-electron chi connectivity index (χ0n) is 20.8. The Bertz CT molecular complexity index is 1210. The number of aliphatic hydroxyl groups excluding tert-OH is 1. The van der Waals surface area contributed by atoms with Gasteiger partial charge in [-0.25, -0.2) is 14.2 Å². The van der Waals surface area contributed by atoms with Gasteiger partial charge >= 0.3 is 11.7 Å². The van der Waals surface area contributed by atoms with Gasteiger partial charge in [-0.1, -0.05) is 30.3 Å². The van der Waals surface area contributed by atoms with Gasteiger partial charge < -0.3 is 20.1 Å². The van der Waals surface area contributed by atoms with Gasteiger partial charge in [0.2, 0.25) is 0 Å². The zero-order valence-corrected chi connectivity index (χ0v) is 20.8. The van der Waals surface area contributed by atoms with Crippen LogP contribution >= 0.6 is 0 Å². The molecule has 1 fully saturated rings. The third-order valence-electron chi connectivity index (χ3n) is 6.74. The van der Waals surface area contributed by atoms with Crippen LogP contribution in [0.5, 0.6) is 5.75 Å². The number of likely N-dealkylation sites (tertiary alicyclic amines) is 1. The van der Waals surface area contributed by atoms with E-state index in [0.717, 1.165) is 42.8 Å². The van der Waals surface area contributed by atoms with E-state index >= 15 is 0 Å². The maximum Gasteiger partial charge on any atom is 0.337 e. The fourth-order valence-electron chi connectivity index (χ4n) is 4.81. The molecule has 1 aliphatic rings. The van der Waals surface area contributed by atoms with Crippen molar-refractivity contribution in [1.82, 2.24) is 19.4 Å². The summed E-state index contributed by atoms with van der Waals surface area (Å²) < 4.78 is 8.67. The standard InChI is InChI=1S/C27H36N4O4/c1-19(2)30-23-9-5-6-10-24(23)31(27(30)34)26(33)28-16-21-12-14-29(15-13-21)17-22(32)18-35-25-11-7-4-8-20(25)3/h4-11,19,21-22,32H,12-18H2,1-3H3,(H,28,33). The average molecular weight is 481 g/mol. The Morgan fingerprint density at radius 3 is 2.43 bits per heavy atom. The molecule has 4 rings (SSSR count). The number of carbonyl (C=O) groups is 1. The third-order valence-corrected chi connectivity index (χ3v) is 6.74. The summed E-state index contributed by atoms with van der Waals surface area (Å²) in [6.45, 7) is 8.94. The topological polar surface area (TPSA) is 88.7 Å². The monoisotopic (exact) mass is 480 g/mol. The molecule has 1 aliphatic heterocycles. The lowest BCUT2D eigenvalue weighted by atomic mass is 9.96. The van der Waals surface area contributed by atoms with Gasteiger partial charge in [0.15, 0.2) is 0 Å². The van der Waals surface area contributed by atoms with Crippen molar-refractivity contribution < 1.29 is 14.6 Å². The van der Waals surface area contributed by atoms with Crippen molar-refractivity contribution in [1.29, 1.82) is 0 Å². The average Bonchev–Trinajstić information content (AvgIpc) is 3.15. The molecule has 1 amide bonds. The number of imidazole rings is 1. The van der Waals surface area contributed by atoms with Crippen LogP contribution in [0.2, 0.25) is 0 Å². The van der Waals surface area contributed by atoms with E-state index in [4.69, 9.17) is 4.74 Å². The number of aliphatic hydroxyl groups is 1. The number of rotatable bonds is 8. The number of fused-ring (bicyclic) bond motifs is 1. The van der Waals surface area contributed by atoms with Gasteiger partial charge in [0.05, 0.1) is 11.0 Å². The number of nitrogens with zero attached hydrogens (tertiary/aromatic N) is 3. The van der Waals surface area contributed by atoms with Crippen molar-refractivity contribution in [2.24, 2.45) is 5.92 Å². The maximum absolute atomic E-state index is 13.0. The van der Waals surface area contributed by atoms with Crippen molar-refractivity contribution >= 4 is 17.1 Å². The molecule has 1 atom stereocenters. The maximum atomic E-state index is 13.0. The lowest BCUT2D eigenvalue weighted by Crippen LogP contribution is -2.44. The van der Waals surface area contributed by atoms with Gasteiger partial charge in [0.25, 0.3) is 0 Å². The molecule has 1 aromatic heterocycles. The van der Waals surface area contributed by atoms with Crippen LogP contribution < -0.4 is 15.7 Å². The van der Waals surface area contributed by atoms with Gasteiger partial charge in [-0.3, -0.25) is 4.57 Å². The lowest BCUT2D eigenvalue weighted by Gasteiger charge is -2.33. The highest BCUT2D eigenvalue weighted by Crippen LogP contribution is 2.19. The van der Waals surface area contributed by atoms with E-state index in [1.54, 1.807) is 4.57 Å². The Labute approximate surface area is 206 Å². The fraction of sp³-hybridized carbons (Fsp3) is 0.481. The molecule has 3 aromatic rings. The van der Waals surface area contributed by atoms with Gasteiger partial charge in [-0.05, 0) is 76.4 Å². The number of benzene rings is 2. The van der Waals surface area contributed by atoms with Gasteiger partial charge in [-0.2, -0.15) is 0 Å². The smallest absolute Gasteiger partial charge is 0.337 e. The Morgan fingerprint density at radius 2 is 1.74 bits per heavy atom. The second kappa shape index (κ2) is 11.1. The summed E-state index contributed by atoms with van der Waals surface area (Å²) in [4.78, 5) is 28.2. The number of piperidine rings is 1. The molecule has 35 heavy (non-hydrogen) atoms. The second-order valence-electron chi connectivity index (χ2n) is 9.73. The van der Waals surface area contributed by atoms with E-state index in [0.29, 0.717) is 24.5 Å². The first-order valence-electron chi connectivity index (χ1n) is 12.4. The highest BCUT2D eigenvalue weighted by atomic mass is 16.5. The van der Waals surface area contributed by atoms with E-state index < -0.39 is 6.10 Å². The van der Waals surface area contributed by atoms with Crippen molar-refractivity contribution in [2.75, 3.05) is 32.8 Å². The van der Waals surface area contributed by atoms with Crippen molar-refractivity contribution in [3.05, 3.63) is 64.6 Å². The molecular formula is C27H36N4O4. The van der Waals surface area contributed by atoms with E-state index in [2.05, 4.69) is 10.2 Å². The van der Waals surface area contributed by atoms with Crippen LogP contribution in [0.15, 0.2) is 53.3 Å². The van der Waals surface area contributed by atoms with Gasteiger partial charge in [-0.15, -0.1) is 0 Å². The highest BCUT2D eigenvalue weighted by molar-refractivity contribution is 5.89. The number of β-amino-alcohol motifs (C(OH)–C–C–N with tert-alkyl or cyclic N) is 1. The van der Waals surface area contributed by atoms with Crippen LogP contribution in [-0.4, -0.2) is 64.1 Å². The summed E-state index contributed by atoms with van der Waals surface area (Å²) in [6.07, 6.45) is 1.29. The molecular weight excluding hydrogens is 444 g/mol. The lowest BCUT2D eigenvalue weighted by molar-refractivity contribution is 0.0550. The van der Waals surface area contributed by atoms with E-state index in [9.17, 15) is 14.7 Å². The van der Waals surface area contributed by atoms with Gasteiger partial charge in [0, 0.05) is 19.1 Å². The molecule has 188 valence electrons. The van der Waals surface area contributed by atoms with Crippen molar-refractivity contribution in [2.45, 2.75) is 45.8 Å². The van der Waals surface area contributed by atoms with Crippen LogP contribution in [0.3, 0.4) is 0 Å². The Hall–Kier alpha value is -3.10. The second-order valence-corrected chi connectivity index (χ2v) is 9.73. The van der Waals surface area contributed by atoms with Gasteiger partial charge in [0.1, 0.15) is 18.5 Å².